The Hall–Kier alpha value is -1.48. The van der Waals surface area contributed by atoms with Gasteiger partial charge in [-0.25, -0.2) is 9.67 Å². The second-order valence-corrected chi connectivity index (χ2v) is 8.50. The zero-order chi connectivity index (χ0) is 17.1. The summed E-state index contributed by atoms with van der Waals surface area (Å²) < 4.78 is 2.93. The number of rotatable bonds is 4. The van der Waals surface area contributed by atoms with Crippen molar-refractivity contribution in [2.75, 3.05) is 6.61 Å². The summed E-state index contributed by atoms with van der Waals surface area (Å²) >= 11 is 2.25. The SMILES string of the molecule is CC(C)(CO)NC(=O)c1nn(-c2cc(I)ccn2)c2c1C[C@H]1C[C@@H]21. The molecule has 1 saturated carbocycles. The second-order valence-electron chi connectivity index (χ2n) is 7.26. The number of hydrogen-bond donors (Lipinski definition) is 2. The van der Waals surface area contributed by atoms with Gasteiger partial charge in [-0.05, 0) is 67.3 Å². The Labute approximate surface area is 153 Å². The van der Waals surface area contributed by atoms with Gasteiger partial charge in [0.15, 0.2) is 11.5 Å². The molecule has 0 saturated heterocycles. The molecule has 1 fully saturated rings. The van der Waals surface area contributed by atoms with E-state index in [0.717, 1.165) is 27.1 Å². The van der Waals surface area contributed by atoms with Crippen molar-refractivity contribution in [3.8, 4) is 5.82 Å². The van der Waals surface area contributed by atoms with Gasteiger partial charge >= 0.3 is 0 Å². The van der Waals surface area contributed by atoms with Crippen LogP contribution in [0.2, 0.25) is 0 Å². The number of fused-ring (bicyclic) bond motifs is 3. The van der Waals surface area contributed by atoms with Crippen LogP contribution in [0.25, 0.3) is 5.82 Å². The van der Waals surface area contributed by atoms with Gasteiger partial charge in [0.1, 0.15) is 0 Å². The molecule has 0 aromatic carbocycles. The summed E-state index contributed by atoms with van der Waals surface area (Å²) in [5, 5.41) is 16.9. The van der Waals surface area contributed by atoms with Gasteiger partial charge < -0.3 is 10.4 Å². The Morgan fingerprint density at radius 1 is 1.54 bits per heavy atom. The second kappa shape index (κ2) is 5.52. The van der Waals surface area contributed by atoms with Crippen LogP contribution < -0.4 is 5.32 Å². The molecule has 24 heavy (non-hydrogen) atoms. The summed E-state index contributed by atoms with van der Waals surface area (Å²) in [6.45, 7) is 3.47. The number of pyridine rings is 1. The van der Waals surface area contributed by atoms with Crippen LogP contribution in [-0.4, -0.2) is 37.9 Å². The maximum Gasteiger partial charge on any atom is 0.272 e. The van der Waals surface area contributed by atoms with Crippen LogP contribution in [0.15, 0.2) is 18.3 Å². The lowest BCUT2D eigenvalue weighted by molar-refractivity contribution is 0.0863. The first-order valence-corrected chi connectivity index (χ1v) is 9.14. The third-order valence-electron chi connectivity index (χ3n) is 4.75. The van der Waals surface area contributed by atoms with E-state index in [0.29, 0.717) is 17.5 Å². The van der Waals surface area contributed by atoms with E-state index in [1.807, 2.05) is 16.8 Å². The molecule has 2 aromatic rings. The predicted molar refractivity (Wildman–Crippen MR) is 97.3 cm³/mol. The number of aliphatic hydroxyl groups is 1. The van der Waals surface area contributed by atoms with E-state index < -0.39 is 5.54 Å². The number of amides is 1. The number of aliphatic hydroxyl groups excluding tert-OH is 1. The molecule has 4 rings (SSSR count). The van der Waals surface area contributed by atoms with Crippen molar-refractivity contribution in [1.82, 2.24) is 20.1 Å². The van der Waals surface area contributed by atoms with Crippen LogP contribution in [0.4, 0.5) is 0 Å². The number of nitrogens with one attached hydrogen (secondary N) is 1. The van der Waals surface area contributed by atoms with Gasteiger partial charge in [-0.15, -0.1) is 0 Å². The maximum atomic E-state index is 12.7. The summed E-state index contributed by atoms with van der Waals surface area (Å²) in [5.74, 6) is 1.67. The van der Waals surface area contributed by atoms with Crippen LogP contribution in [0.5, 0.6) is 0 Å². The van der Waals surface area contributed by atoms with Gasteiger partial charge in [0.2, 0.25) is 0 Å². The van der Waals surface area contributed by atoms with Crippen molar-refractivity contribution < 1.29 is 9.90 Å². The molecule has 2 aliphatic rings. The molecule has 0 aliphatic heterocycles. The van der Waals surface area contributed by atoms with E-state index in [1.165, 1.54) is 6.42 Å². The number of nitrogens with zero attached hydrogens (tertiary/aromatic N) is 3. The number of halogens is 1. The van der Waals surface area contributed by atoms with E-state index in [-0.39, 0.29) is 12.5 Å². The van der Waals surface area contributed by atoms with Crippen LogP contribution in [-0.2, 0) is 6.42 Å². The molecule has 2 heterocycles. The smallest absolute Gasteiger partial charge is 0.272 e. The van der Waals surface area contributed by atoms with Gasteiger partial charge in [-0.2, -0.15) is 5.10 Å². The molecule has 7 heteroatoms. The molecule has 6 nitrogen and oxygen atoms in total. The fourth-order valence-electron chi connectivity index (χ4n) is 3.39. The molecule has 0 bridgehead atoms. The largest absolute Gasteiger partial charge is 0.394 e. The Kier molecular flexibility index (Phi) is 3.68. The molecule has 126 valence electrons. The number of carbonyl (C=O) groups is 1. The molecular formula is C17H19IN4O2. The predicted octanol–water partition coefficient (Wildman–Crippen LogP) is 2.03. The lowest BCUT2D eigenvalue weighted by Gasteiger charge is -2.23. The van der Waals surface area contributed by atoms with Crippen LogP contribution in [0.3, 0.4) is 0 Å². The van der Waals surface area contributed by atoms with Crippen LogP contribution in [0.1, 0.15) is 47.9 Å². The van der Waals surface area contributed by atoms with E-state index in [2.05, 4.69) is 38.0 Å². The number of hydrogen-bond acceptors (Lipinski definition) is 4. The first-order valence-electron chi connectivity index (χ1n) is 8.07. The highest BCUT2D eigenvalue weighted by Gasteiger charge is 2.50. The van der Waals surface area contributed by atoms with E-state index in [4.69, 9.17) is 0 Å². The number of aromatic nitrogens is 3. The minimum Gasteiger partial charge on any atom is -0.394 e. The molecule has 2 atom stereocenters. The van der Waals surface area contributed by atoms with E-state index >= 15 is 0 Å². The molecule has 2 N–H and O–H groups in total. The Morgan fingerprint density at radius 3 is 3.04 bits per heavy atom. The average molecular weight is 438 g/mol. The minimum atomic E-state index is -0.671. The fraction of sp³-hybridized carbons (Fsp3) is 0.471. The van der Waals surface area contributed by atoms with E-state index in [9.17, 15) is 9.90 Å². The van der Waals surface area contributed by atoms with Gasteiger partial charge in [-0.1, -0.05) is 0 Å². The zero-order valence-corrected chi connectivity index (χ0v) is 15.7. The highest BCUT2D eigenvalue weighted by atomic mass is 127. The Balaban J connectivity index is 1.76. The standard InChI is InChI=1S/C17H19IN4O2/c1-17(2,8-23)20-16(24)14-12-6-9-5-11(9)15(12)22(21-14)13-7-10(18)3-4-19-13/h3-4,7,9,11,23H,5-6,8H2,1-2H3,(H,20,24)/t9-,11-/m1/s1. The lowest BCUT2D eigenvalue weighted by Crippen LogP contribution is -2.46. The normalized spacial score (nSPS) is 21.3. The van der Waals surface area contributed by atoms with Gasteiger partial charge in [0.05, 0.1) is 17.8 Å². The van der Waals surface area contributed by atoms with E-state index in [1.54, 1.807) is 20.0 Å². The van der Waals surface area contributed by atoms with Gasteiger partial charge in [0, 0.05) is 21.2 Å². The van der Waals surface area contributed by atoms with Crippen molar-refractivity contribution in [3.63, 3.8) is 0 Å². The van der Waals surface area contributed by atoms with Gasteiger partial charge in [0.25, 0.3) is 5.91 Å². The third-order valence-corrected chi connectivity index (χ3v) is 5.42. The quantitative estimate of drug-likeness (QED) is 0.717. The number of carbonyl (C=O) groups excluding carboxylic acids is 1. The van der Waals surface area contributed by atoms with Crippen molar-refractivity contribution in [2.24, 2.45) is 5.92 Å². The van der Waals surface area contributed by atoms with Crippen molar-refractivity contribution >= 4 is 28.5 Å². The van der Waals surface area contributed by atoms with Crippen molar-refractivity contribution in [3.05, 3.63) is 38.9 Å². The molecule has 2 aliphatic carbocycles. The zero-order valence-electron chi connectivity index (χ0n) is 13.6. The molecule has 1 amide bonds. The highest BCUT2D eigenvalue weighted by molar-refractivity contribution is 14.1. The average Bonchev–Trinajstić information content (AvgIpc) is 3.03. The monoisotopic (exact) mass is 438 g/mol. The lowest BCUT2D eigenvalue weighted by atomic mass is 10.1. The summed E-state index contributed by atoms with van der Waals surface area (Å²) in [4.78, 5) is 17.1. The molecule has 0 radical (unpaired) electrons. The Bertz CT molecular complexity index is 830. The molecule has 0 spiro atoms. The highest BCUT2D eigenvalue weighted by Crippen LogP contribution is 2.57. The van der Waals surface area contributed by atoms with Crippen LogP contribution >= 0.6 is 22.6 Å². The summed E-state index contributed by atoms with van der Waals surface area (Å²) in [6.07, 6.45) is 3.84. The molecule has 0 unspecified atom stereocenters. The first kappa shape index (κ1) is 16.0. The summed E-state index contributed by atoms with van der Waals surface area (Å²) in [6, 6.07) is 3.91. The van der Waals surface area contributed by atoms with Crippen molar-refractivity contribution in [1.29, 1.82) is 0 Å². The van der Waals surface area contributed by atoms with Crippen LogP contribution in [0, 0.1) is 9.49 Å². The Morgan fingerprint density at radius 2 is 2.33 bits per heavy atom. The minimum absolute atomic E-state index is 0.120. The fourth-order valence-corrected chi connectivity index (χ4v) is 3.83. The molecular weight excluding hydrogens is 419 g/mol. The van der Waals surface area contributed by atoms with Gasteiger partial charge in [-0.3, -0.25) is 4.79 Å². The molecule has 2 aromatic heterocycles. The topological polar surface area (TPSA) is 80.0 Å². The maximum absolute atomic E-state index is 12.7. The summed E-state index contributed by atoms with van der Waals surface area (Å²) in [5.41, 5.74) is 1.99. The summed E-state index contributed by atoms with van der Waals surface area (Å²) in [7, 11) is 0. The first-order chi connectivity index (χ1) is 11.4. The third kappa shape index (κ3) is 2.63. The van der Waals surface area contributed by atoms with Crippen molar-refractivity contribution in [2.45, 2.75) is 38.1 Å².